The van der Waals surface area contributed by atoms with Crippen molar-refractivity contribution in [2.75, 3.05) is 39.0 Å². The van der Waals surface area contributed by atoms with E-state index in [1.165, 1.54) is 12.1 Å². The molecule has 0 fully saturated rings. The molecule has 10 heteroatoms. The molecule has 0 spiro atoms. The molecule has 2 aromatic rings. The quantitative estimate of drug-likeness (QED) is 0.464. The number of nitrogens with zero attached hydrogens (tertiary/aromatic N) is 3. The van der Waals surface area contributed by atoms with Crippen LogP contribution >= 0.6 is 0 Å². The van der Waals surface area contributed by atoms with E-state index in [4.69, 9.17) is 0 Å². The second-order valence-corrected chi connectivity index (χ2v) is 7.90. The van der Waals surface area contributed by atoms with Crippen molar-refractivity contribution >= 4 is 21.4 Å². The van der Waals surface area contributed by atoms with Crippen LogP contribution in [0.15, 0.2) is 47.5 Å². The maximum absolute atomic E-state index is 12.3. The lowest BCUT2D eigenvalue weighted by atomic mass is 10.2. The maximum atomic E-state index is 12.3. The molecule has 0 radical (unpaired) electrons. The van der Waals surface area contributed by atoms with Gasteiger partial charge in [-0.05, 0) is 38.4 Å². The van der Waals surface area contributed by atoms with Crippen LogP contribution in [0.2, 0.25) is 0 Å². The minimum atomic E-state index is -3.81. The number of anilines is 1. The molecule has 1 aromatic carbocycles. The SMILES string of the molecule is CN(C)CCNS(=O)(=O)c1ccc(NCCc2ccccn2)c([N+](=O)[O-])c1. The lowest BCUT2D eigenvalue weighted by Gasteiger charge is -2.12. The van der Waals surface area contributed by atoms with Gasteiger partial charge in [0.1, 0.15) is 5.69 Å². The van der Waals surface area contributed by atoms with Gasteiger partial charge in [0.15, 0.2) is 0 Å². The number of benzene rings is 1. The molecule has 0 aliphatic carbocycles. The molecule has 0 amide bonds. The van der Waals surface area contributed by atoms with Gasteiger partial charge in [0, 0.05) is 44.0 Å². The van der Waals surface area contributed by atoms with Gasteiger partial charge < -0.3 is 10.2 Å². The Morgan fingerprint density at radius 1 is 1.19 bits per heavy atom. The molecular formula is C17H23N5O4S. The second kappa shape index (κ2) is 9.40. The third kappa shape index (κ3) is 6.27. The molecule has 0 aliphatic rings. The van der Waals surface area contributed by atoms with Crippen molar-refractivity contribution in [1.29, 1.82) is 0 Å². The summed E-state index contributed by atoms with van der Waals surface area (Å²) >= 11 is 0. The molecule has 1 aromatic heterocycles. The monoisotopic (exact) mass is 393 g/mol. The van der Waals surface area contributed by atoms with Crippen molar-refractivity contribution in [1.82, 2.24) is 14.6 Å². The van der Waals surface area contributed by atoms with E-state index in [1.807, 2.05) is 37.2 Å². The van der Waals surface area contributed by atoms with E-state index in [0.29, 0.717) is 19.5 Å². The van der Waals surface area contributed by atoms with Gasteiger partial charge in [-0.3, -0.25) is 15.1 Å². The van der Waals surface area contributed by atoms with Crippen molar-refractivity contribution in [3.8, 4) is 0 Å². The van der Waals surface area contributed by atoms with Crippen molar-refractivity contribution in [3.05, 3.63) is 58.4 Å². The van der Waals surface area contributed by atoms with Crippen molar-refractivity contribution in [2.45, 2.75) is 11.3 Å². The first kappa shape index (κ1) is 20.7. The van der Waals surface area contributed by atoms with Gasteiger partial charge in [0.05, 0.1) is 9.82 Å². The summed E-state index contributed by atoms with van der Waals surface area (Å²) in [5.74, 6) is 0. The highest BCUT2D eigenvalue weighted by Crippen LogP contribution is 2.27. The molecule has 0 atom stereocenters. The molecule has 27 heavy (non-hydrogen) atoms. The minimum Gasteiger partial charge on any atom is -0.379 e. The van der Waals surface area contributed by atoms with Gasteiger partial charge in [0.25, 0.3) is 5.69 Å². The van der Waals surface area contributed by atoms with Crippen LogP contribution in [0, 0.1) is 10.1 Å². The van der Waals surface area contributed by atoms with E-state index in [0.717, 1.165) is 11.8 Å². The number of rotatable bonds is 10. The Hall–Kier alpha value is -2.56. The number of aromatic nitrogens is 1. The van der Waals surface area contributed by atoms with Gasteiger partial charge in [-0.1, -0.05) is 6.07 Å². The zero-order chi connectivity index (χ0) is 19.9. The number of likely N-dealkylation sites (N-methyl/N-ethyl adjacent to an activating group) is 1. The highest BCUT2D eigenvalue weighted by Gasteiger charge is 2.21. The van der Waals surface area contributed by atoms with Crippen molar-refractivity contribution < 1.29 is 13.3 Å². The third-order valence-corrected chi connectivity index (χ3v) is 5.21. The topological polar surface area (TPSA) is 117 Å². The number of sulfonamides is 1. The van der Waals surface area contributed by atoms with Crippen LogP contribution in [0.4, 0.5) is 11.4 Å². The number of hydrogen-bond acceptors (Lipinski definition) is 7. The Labute approximate surface area is 158 Å². The van der Waals surface area contributed by atoms with E-state index < -0.39 is 14.9 Å². The zero-order valence-corrected chi connectivity index (χ0v) is 16.1. The molecule has 2 rings (SSSR count). The largest absolute Gasteiger partial charge is 0.379 e. The Balaban J connectivity index is 2.10. The van der Waals surface area contributed by atoms with Crippen molar-refractivity contribution in [3.63, 3.8) is 0 Å². The summed E-state index contributed by atoms with van der Waals surface area (Å²) in [4.78, 5) is 16.7. The van der Waals surface area contributed by atoms with Crippen LogP contribution in [0.3, 0.4) is 0 Å². The molecular weight excluding hydrogens is 370 g/mol. The molecule has 1 heterocycles. The summed E-state index contributed by atoms with van der Waals surface area (Å²) in [6.45, 7) is 1.17. The smallest absolute Gasteiger partial charge is 0.293 e. The van der Waals surface area contributed by atoms with Gasteiger partial charge in [-0.25, -0.2) is 13.1 Å². The molecule has 146 valence electrons. The Morgan fingerprint density at radius 2 is 1.96 bits per heavy atom. The molecule has 0 unspecified atom stereocenters. The number of nitro groups is 1. The van der Waals surface area contributed by atoms with Crippen LogP contribution in [0.25, 0.3) is 0 Å². The van der Waals surface area contributed by atoms with E-state index in [9.17, 15) is 18.5 Å². The van der Waals surface area contributed by atoms with Gasteiger partial charge >= 0.3 is 0 Å². The molecule has 0 saturated carbocycles. The van der Waals surface area contributed by atoms with Gasteiger partial charge in [0.2, 0.25) is 10.0 Å². The van der Waals surface area contributed by atoms with Crippen LogP contribution < -0.4 is 10.0 Å². The number of nitro benzene ring substituents is 1. The predicted molar refractivity (Wildman–Crippen MR) is 103 cm³/mol. The number of nitrogens with one attached hydrogen (secondary N) is 2. The number of hydrogen-bond donors (Lipinski definition) is 2. The van der Waals surface area contributed by atoms with E-state index in [-0.39, 0.29) is 22.8 Å². The fraction of sp³-hybridized carbons (Fsp3) is 0.353. The van der Waals surface area contributed by atoms with Crippen LogP contribution in [-0.2, 0) is 16.4 Å². The summed E-state index contributed by atoms with van der Waals surface area (Å²) in [6.07, 6.45) is 2.27. The molecule has 0 saturated heterocycles. The Bertz CT molecular complexity index is 872. The fourth-order valence-electron chi connectivity index (χ4n) is 2.34. The first-order chi connectivity index (χ1) is 12.8. The average Bonchev–Trinajstić information content (AvgIpc) is 2.62. The predicted octanol–water partition coefficient (Wildman–Crippen LogP) is 1.48. The van der Waals surface area contributed by atoms with Crippen LogP contribution in [0.5, 0.6) is 0 Å². The zero-order valence-electron chi connectivity index (χ0n) is 15.3. The summed E-state index contributed by atoms with van der Waals surface area (Å²) in [7, 11) is -0.163. The fourth-order valence-corrected chi connectivity index (χ4v) is 3.38. The molecule has 0 bridgehead atoms. The van der Waals surface area contributed by atoms with E-state index in [1.54, 1.807) is 6.20 Å². The van der Waals surface area contributed by atoms with Crippen LogP contribution in [0.1, 0.15) is 5.69 Å². The lowest BCUT2D eigenvalue weighted by Crippen LogP contribution is -2.31. The highest BCUT2D eigenvalue weighted by atomic mass is 32.2. The maximum Gasteiger partial charge on any atom is 0.293 e. The highest BCUT2D eigenvalue weighted by molar-refractivity contribution is 7.89. The summed E-state index contributed by atoms with van der Waals surface area (Å²) in [6, 6.07) is 9.39. The number of pyridine rings is 1. The van der Waals surface area contributed by atoms with E-state index in [2.05, 4.69) is 15.0 Å². The summed E-state index contributed by atoms with van der Waals surface area (Å²) in [5.41, 5.74) is 0.839. The minimum absolute atomic E-state index is 0.136. The second-order valence-electron chi connectivity index (χ2n) is 6.13. The first-order valence-electron chi connectivity index (χ1n) is 8.36. The molecule has 2 N–H and O–H groups in total. The Morgan fingerprint density at radius 3 is 2.59 bits per heavy atom. The molecule has 9 nitrogen and oxygen atoms in total. The van der Waals surface area contributed by atoms with Gasteiger partial charge in [-0.15, -0.1) is 0 Å². The summed E-state index contributed by atoms with van der Waals surface area (Å²) < 4.78 is 27.1. The van der Waals surface area contributed by atoms with Gasteiger partial charge in [-0.2, -0.15) is 0 Å². The standard InChI is InChI=1S/C17H23N5O4S/c1-21(2)12-11-20-27(25,26)15-6-7-16(17(13-15)22(23)24)19-10-8-14-5-3-4-9-18-14/h3-7,9,13,19-20H,8,10-12H2,1-2H3. The molecule has 0 aliphatic heterocycles. The Kier molecular flexibility index (Phi) is 7.22. The average molecular weight is 393 g/mol. The summed E-state index contributed by atoms with van der Waals surface area (Å²) in [5, 5.41) is 14.3. The lowest BCUT2D eigenvalue weighted by molar-refractivity contribution is -0.384. The third-order valence-electron chi connectivity index (χ3n) is 3.75. The van der Waals surface area contributed by atoms with E-state index >= 15 is 0 Å². The van der Waals surface area contributed by atoms with Crippen molar-refractivity contribution in [2.24, 2.45) is 0 Å². The normalized spacial score (nSPS) is 11.5. The van der Waals surface area contributed by atoms with Crippen LogP contribution in [-0.4, -0.2) is 57.0 Å². The first-order valence-corrected chi connectivity index (χ1v) is 9.84.